The number of hydrogen-bond acceptors (Lipinski definition) is 3. The molecule has 0 saturated heterocycles. The minimum absolute atomic E-state index is 0.109. The second-order valence-electron chi connectivity index (χ2n) is 5.00. The molecular formula is C14H21NO4S. The SMILES string of the molecule is Cc1c(C)c(C)c(S(=O)(=O)NCCC(=O)O)c(C)c1C. The van der Waals surface area contributed by atoms with E-state index < -0.39 is 16.0 Å². The monoisotopic (exact) mass is 299 g/mol. The van der Waals surface area contributed by atoms with E-state index in [9.17, 15) is 13.2 Å². The molecule has 0 aromatic heterocycles. The lowest BCUT2D eigenvalue weighted by Crippen LogP contribution is -2.28. The molecule has 1 rings (SSSR count). The average Bonchev–Trinajstić information content (AvgIpc) is 2.33. The van der Waals surface area contributed by atoms with Crippen molar-refractivity contribution in [3.63, 3.8) is 0 Å². The highest BCUT2D eigenvalue weighted by molar-refractivity contribution is 7.89. The van der Waals surface area contributed by atoms with Gasteiger partial charge in [-0.05, 0) is 62.4 Å². The Hall–Kier alpha value is -1.40. The van der Waals surface area contributed by atoms with Gasteiger partial charge in [0.05, 0.1) is 11.3 Å². The Bertz CT molecular complexity index is 619. The topological polar surface area (TPSA) is 83.5 Å². The Morgan fingerprint density at radius 3 is 1.75 bits per heavy atom. The Morgan fingerprint density at radius 2 is 1.35 bits per heavy atom. The van der Waals surface area contributed by atoms with Crippen molar-refractivity contribution in [3.05, 3.63) is 27.8 Å². The van der Waals surface area contributed by atoms with Crippen molar-refractivity contribution in [2.75, 3.05) is 6.54 Å². The first kappa shape index (κ1) is 16.7. The molecule has 0 spiro atoms. The van der Waals surface area contributed by atoms with Crippen molar-refractivity contribution in [1.29, 1.82) is 0 Å². The molecule has 0 aliphatic rings. The van der Waals surface area contributed by atoms with Gasteiger partial charge in [0, 0.05) is 6.54 Å². The number of rotatable bonds is 5. The predicted octanol–water partition coefficient (Wildman–Crippen LogP) is 1.98. The molecule has 2 N–H and O–H groups in total. The molecule has 0 aliphatic carbocycles. The number of carbonyl (C=O) groups is 1. The first-order valence-corrected chi connectivity index (χ1v) is 7.86. The number of sulfonamides is 1. The normalized spacial score (nSPS) is 11.7. The second kappa shape index (κ2) is 5.93. The molecule has 1 aromatic carbocycles. The molecule has 0 saturated carbocycles. The van der Waals surface area contributed by atoms with Crippen LogP contribution in [0.2, 0.25) is 0 Å². The summed E-state index contributed by atoms with van der Waals surface area (Å²) in [6, 6.07) is 0. The van der Waals surface area contributed by atoms with E-state index in [0.717, 1.165) is 16.7 Å². The van der Waals surface area contributed by atoms with E-state index in [1.165, 1.54) is 0 Å². The summed E-state index contributed by atoms with van der Waals surface area (Å²) in [5, 5.41) is 8.58. The minimum atomic E-state index is -3.69. The second-order valence-corrected chi connectivity index (χ2v) is 6.70. The lowest BCUT2D eigenvalue weighted by Gasteiger charge is -2.18. The molecule has 0 fully saturated rings. The molecule has 0 bridgehead atoms. The number of carboxylic acid groups (broad SMARTS) is 1. The molecule has 0 radical (unpaired) electrons. The summed E-state index contributed by atoms with van der Waals surface area (Å²) in [4.78, 5) is 10.7. The standard InChI is InChI=1S/C14H21NO4S/c1-8-9(2)11(4)14(12(5)10(8)3)20(18,19)15-7-6-13(16)17/h15H,6-7H2,1-5H3,(H,16,17). The fourth-order valence-electron chi connectivity index (χ4n) is 2.23. The summed E-state index contributed by atoms with van der Waals surface area (Å²) < 4.78 is 27.1. The van der Waals surface area contributed by atoms with Crippen LogP contribution in [0.15, 0.2) is 4.90 Å². The van der Waals surface area contributed by atoms with Crippen LogP contribution in [0, 0.1) is 34.6 Å². The van der Waals surface area contributed by atoms with Crippen LogP contribution in [-0.2, 0) is 14.8 Å². The van der Waals surface area contributed by atoms with Gasteiger partial charge < -0.3 is 5.11 Å². The summed E-state index contributed by atoms with van der Waals surface area (Å²) >= 11 is 0. The Morgan fingerprint density at radius 1 is 0.950 bits per heavy atom. The van der Waals surface area contributed by atoms with E-state index in [1.54, 1.807) is 13.8 Å². The molecular weight excluding hydrogens is 278 g/mol. The van der Waals surface area contributed by atoms with Gasteiger partial charge in [-0.1, -0.05) is 0 Å². The van der Waals surface area contributed by atoms with Crippen molar-refractivity contribution in [2.45, 2.75) is 45.9 Å². The van der Waals surface area contributed by atoms with Gasteiger partial charge in [-0.25, -0.2) is 13.1 Å². The number of nitrogens with one attached hydrogen (secondary N) is 1. The predicted molar refractivity (Wildman–Crippen MR) is 77.6 cm³/mol. The molecule has 0 amide bonds. The molecule has 1 aromatic rings. The van der Waals surface area contributed by atoms with Crippen LogP contribution in [0.3, 0.4) is 0 Å². The van der Waals surface area contributed by atoms with Gasteiger partial charge in [-0.3, -0.25) is 4.79 Å². The van der Waals surface area contributed by atoms with Gasteiger partial charge in [0.2, 0.25) is 10.0 Å². The summed E-state index contributed by atoms with van der Waals surface area (Å²) in [5.74, 6) is -1.03. The zero-order valence-corrected chi connectivity index (χ0v) is 13.3. The third-order valence-electron chi connectivity index (χ3n) is 3.83. The Kier molecular flexibility index (Phi) is 4.94. The van der Waals surface area contributed by atoms with E-state index >= 15 is 0 Å². The highest BCUT2D eigenvalue weighted by Crippen LogP contribution is 2.29. The highest BCUT2D eigenvalue weighted by Gasteiger charge is 2.23. The van der Waals surface area contributed by atoms with Gasteiger partial charge in [0.15, 0.2) is 0 Å². The van der Waals surface area contributed by atoms with Crippen molar-refractivity contribution < 1.29 is 18.3 Å². The van der Waals surface area contributed by atoms with Crippen molar-refractivity contribution in [3.8, 4) is 0 Å². The average molecular weight is 299 g/mol. The van der Waals surface area contributed by atoms with Gasteiger partial charge >= 0.3 is 5.97 Å². The van der Waals surface area contributed by atoms with Crippen LogP contribution in [0.25, 0.3) is 0 Å². The first-order valence-electron chi connectivity index (χ1n) is 6.38. The van der Waals surface area contributed by atoms with Gasteiger partial charge in [-0.2, -0.15) is 0 Å². The van der Waals surface area contributed by atoms with Crippen LogP contribution < -0.4 is 4.72 Å². The lowest BCUT2D eigenvalue weighted by atomic mass is 9.95. The van der Waals surface area contributed by atoms with E-state index in [1.807, 2.05) is 20.8 Å². The molecule has 20 heavy (non-hydrogen) atoms. The number of carboxylic acids is 1. The quantitative estimate of drug-likeness (QED) is 0.871. The van der Waals surface area contributed by atoms with Crippen molar-refractivity contribution >= 4 is 16.0 Å². The molecule has 0 heterocycles. The summed E-state index contributed by atoms with van der Waals surface area (Å²) in [6.45, 7) is 9.21. The summed E-state index contributed by atoms with van der Waals surface area (Å²) in [6.07, 6.45) is -0.235. The van der Waals surface area contributed by atoms with E-state index in [-0.39, 0.29) is 17.9 Å². The van der Waals surface area contributed by atoms with Gasteiger partial charge in [0.25, 0.3) is 0 Å². The van der Waals surface area contributed by atoms with Crippen LogP contribution in [0.1, 0.15) is 34.2 Å². The Labute approximate surface area is 120 Å². The minimum Gasteiger partial charge on any atom is -0.481 e. The maximum atomic E-state index is 12.4. The zero-order valence-electron chi connectivity index (χ0n) is 12.5. The van der Waals surface area contributed by atoms with E-state index in [0.29, 0.717) is 11.1 Å². The van der Waals surface area contributed by atoms with Crippen LogP contribution in [-0.4, -0.2) is 26.0 Å². The van der Waals surface area contributed by atoms with E-state index in [4.69, 9.17) is 5.11 Å². The number of aliphatic carboxylic acids is 1. The fraction of sp³-hybridized carbons (Fsp3) is 0.500. The number of benzene rings is 1. The molecule has 0 aliphatic heterocycles. The summed E-state index contributed by atoms with van der Waals surface area (Å²) in [5.41, 5.74) is 4.42. The molecule has 6 heteroatoms. The van der Waals surface area contributed by atoms with Gasteiger partial charge in [-0.15, -0.1) is 0 Å². The van der Waals surface area contributed by atoms with E-state index in [2.05, 4.69) is 4.72 Å². The highest BCUT2D eigenvalue weighted by atomic mass is 32.2. The smallest absolute Gasteiger partial charge is 0.304 e. The number of hydrogen-bond donors (Lipinski definition) is 2. The van der Waals surface area contributed by atoms with Gasteiger partial charge in [0.1, 0.15) is 0 Å². The van der Waals surface area contributed by atoms with Crippen molar-refractivity contribution in [2.24, 2.45) is 0 Å². The Balaban J connectivity index is 3.29. The molecule has 0 atom stereocenters. The first-order chi connectivity index (χ1) is 9.09. The van der Waals surface area contributed by atoms with Crippen molar-refractivity contribution in [1.82, 2.24) is 4.72 Å². The largest absolute Gasteiger partial charge is 0.481 e. The third kappa shape index (κ3) is 3.19. The third-order valence-corrected chi connectivity index (χ3v) is 5.56. The fourth-order valence-corrected chi connectivity index (χ4v) is 3.86. The van der Waals surface area contributed by atoms with Crippen LogP contribution >= 0.6 is 0 Å². The van der Waals surface area contributed by atoms with Crippen LogP contribution in [0.5, 0.6) is 0 Å². The molecule has 112 valence electrons. The molecule has 0 unspecified atom stereocenters. The zero-order chi connectivity index (χ0) is 15.7. The maximum absolute atomic E-state index is 12.4. The summed E-state index contributed by atoms with van der Waals surface area (Å²) in [7, 11) is -3.69. The van der Waals surface area contributed by atoms with Crippen LogP contribution in [0.4, 0.5) is 0 Å². The molecule has 5 nitrogen and oxygen atoms in total. The lowest BCUT2D eigenvalue weighted by molar-refractivity contribution is -0.136. The maximum Gasteiger partial charge on any atom is 0.304 e.